The fourth-order valence-electron chi connectivity index (χ4n) is 2.74. The Morgan fingerprint density at radius 2 is 2.08 bits per heavy atom. The summed E-state index contributed by atoms with van der Waals surface area (Å²) in [7, 11) is 0. The Hall–Kier alpha value is -3.04. The maximum Gasteiger partial charge on any atom is 0.321 e. The molecule has 2 amide bonds. The number of nitrogens with one attached hydrogen (secondary N) is 2. The number of thiazole rings is 1. The highest BCUT2D eigenvalue weighted by Crippen LogP contribution is 2.29. The standard InChI is InChI=1S/C17H14N4O4S/c22-16(18-7-10-1-2-11-8-25-9-12(11)5-10)20-17-19-14-4-3-13(21(23)24)6-15(14)26-17/h1-6H,7-9H2,(H2,18,19,20,22). The molecule has 3 aromatic rings. The lowest BCUT2D eigenvalue weighted by Gasteiger charge is -2.07. The predicted octanol–water partition coefficient (Wildman–Crippen LogP) is 3.56. The SMILES string of the molecule is O=C(NCc1ccc2c(c1)COC2)Nc1nc2ccc([N+](=O)[O-])cc2s1. The van der Waals surface area contributed by atoms with Gasteiger partial charge in [-0.3, -0.25) is 15.4 Å². The quantitative estimate of drug-likeness (QED) is 0.539. The number of aromatic nitrogens is 1. The number of hydrogen-bond acceptors (Lipinski definition) is 6. The highest BCUT2D eigenvalue weighted by molar-refractivity contribution is 7.22. The number of anilines is 1. The van der Waals surface area contributed by atoms with Crippen LogP contribution in [0.3, 0.4) is 0 Å². The number of rotatable bonds is 4. The third-order valence-electron chi connectivity index (χ3n) is 4.04. The normalized spacial score (nSPS) is 12.8. The number of nitro groups is 1. The molecule has 0 atom stereocenters. The third-order valence-corrected chi connectivity index (χ3v) is 4.98. The number of urea groups is 1. The average molecular weight is 370 g/mol. The van der Waals surface area contributed by atoms with Crippen LogP contribution >= 0.6 is 11.3 Å². The van der Waals surface area contributed by atoms with E-state index in [-0.39, 0.29) is 11.7 Å². The molecule has 0 aliphatic carbocycles. The van der Waals surface area contributed by atoms with Crippen molar-refractivity contribution in [3.05, 3.63) is 63.2 Å². The van der Waals surface area contributed by atoms with Gasteiger partial charge in [0.1, 0.15) is 0 Å². The van der Waals surface area contributed by atoms with Crippen molar-refractivity contribution in [1.82, 2.24) is 10.3 Å². The molecular formula is C17H14N4O4S. The zero-order valence-corrected chi connectivity index (χ0v) is 14.3. The summed E-state index contributed by atoms with van der Waals surface area (Å²) in [5, 5.41) is 16.7. The molecule has 1 aromatic heterocycles. The van der Waals surface area contributed by atoms with E-state index in [0.29, 0.717) is 35.1 Å². The lowest BCUT2D eigenvalue weighted by molar-refractivity contribution is -0.384. The van der Waals surface area contributed by atoms with Crippen LogP contribution in [0.25, 0.3) is 10.2 Å². The minimum atomic E-state index is -0.458. The summed E-state index contributed by atoms with van der Waals surface area (Å²) in [6.07, 6.45) is 0. The van der Waals surface area contributed by atoms with E-state index >= 15 is 0 Å². The molecule has 1 aliphatic rings. The second kappa shape index (κ2) is 6.70. The summed E-state index contributed by atoms with van der Waals surface area (Å²) < 4.78 is 6.02. The van der Waals surface area contributed by atoms with Crippen molar-refractivity contribution in [3.63, 3.8) is 0 Å². The lowest BCUT2D eigenvalue weighted by atomic mass is 10.1. The number of fused-ring (bicyclic) bond motifs is 2. The molecule has 8 nitrogen and oxygen atoms in total. The second-order valence-corrected chi connectivity index (χ2v) is 6.86. The lowest BCUT2D eigenvalue weighted by Crippen LogP contribution is -2.28. The average Bonchev–Trinajstić information content (AvgIpc) is 3.24. The van der Waals surface area contributed by atoms with E-state index in [1.807, 2.05) is 18.2 Å². The Balaban J connectivity index is 1.40. The van der Waals surface area contributed by atoms with E-state index in [1.165, 1.54) is 29.0 Å². The summed E-state index contributed by atoms with van der Waals surface area (Å²) >= 11 is 1.19. The van der Waals surface area contributed by atoms with Gasteiger partial charge in [0.2, 0.25) is 0 Å². The molecule has 1 aliphatic heterocycles. The van der Waals surface area contributed by atoms with Crippen molar-refractivity contribution in [3.8, 4) is 0 Å². The predicted molar refractivity (Wildman–Crippen MR) is 97.1 cm³/mol. The molecule has 2 aromatic carbocycles. The van der Waals surface area contributed by atoms with E-state index in [1.54, 1.807) is 6.07 Å². The van der Waals surface area contributed by atoms with Gasteiger partial charge >= 0.3 is 6.03 Å². The molecule has 0 saturated carbocycles. The summed E-state index contributed by atoms with van der Waals surface area (Å²) in [5.74, 6) is 0. The molecule has 2 N–H and O–H groups in total. The van der Waals surface area contributed by atoms with Crippen LogP contribution in [0, 0.1) is 10.1 Å². The molecule has 0 saturated heterocycles. The molecule has 0 radical (unpaired) electrons. The first-order valence-corrected chi connectivity index (χ1v) is 8.68. The highest BCUT2D eigenvalue weighted by Gasteiger charge is 2.13. The van der Waals surface area contributed by atoms with Crippen LogP contribution in [0.1, 0.15) is 16.7 Å². The monoisotopic (exact) mass is 370 g/mol. The van der Waals surface area contributed by atoms with Crippen LogP contribution in [0.5, 0.6) is 0 Å². The van der Waals surface area contributed by atoms with Crippen LogP contribution in [-0.2, 0) is 24.5 Å². The van der Waals surface area contributed by atoms with Gasteiger partial charge in [-0.2, -0.15) is 0 Å². The Labute approximate surface area is 152 Å². The summed E-state index contributed by atoms with van der Waals surface area (Å²) in [6, 6.07) is 10.0. The second-order valence-electron chi connectivity index (χ2n) is 5.83. The number of carbonyl (C=O) groups excluding carboxylic acids is 1. The third kappa shape index (κ3) is 3.35. The van der Waals surface area contributed by atoms with Gasteiger partial charge in [0.25, 0.3) is 5.69 Å². The van der Waals surface area contributed by atoms with Gasteiger partial charge in [-0.25, -0.2) is 9.78 Å². The highest BCUT2D eigenvalue weighted by atomic mass is 32.1. The summed E-state index contributed by atoms with van der Waals surface area (Å²) in [6.45, 7) is 1.63. The Morgan fingerprint density at radius 1 is 1.23 bits per heavy atom. The fourth-order valence-corrected chi connectivity index (χ4v) is 3.63. The first-order chi connectivity index (χ1) is 12.6. The first-order valence-electron chi connectivity index (χ1n) is 7.87. The molecule has 0 bridgehead atoms. The van der Waals surface area contributed by atoms with Crippen LogP contribution in [0.15, 0.2) is 36.4 Å². The maximum absolute atomic E-state index is 12.1. The van der Waals surface area contributed by atoms with Crippen molar-refractivity contribution in [2.75, 3.05) is 5.32 Å². The number of nitrogens with zero attached hydrogens (tertiary/aromatic N) is 2. The van der Waals surface area contributed by atoms with E-state index < -0.39 is 4.92 Å². The summed E-state index contributed by atoms with van der Waals surface area (Å²) in [4.78, 5) is 26.7. The van der Waals surface area contributed by atoms with E-state index in [2.05, 4.69) is 15.6 Å². The van der Waals surface area contributed by atoms with Crippen LogP contribution in [0.4, 0.5) is 15.6 Å². The van der Waals surface area contributed by atoms with Crippen molar-refractivity contribution >= 4 is 38.4 Å². The molecule has 9 heteroatoms. The van der Waals surface area contributed by atoms with Crippen molar-refractivity contribution < 1.29 is 14.5 Å². The van der Waals surface area contributed by atoms with E-state index in [4.69, 9.17) is 4.74 Å². The van der Waals surface area contributed by atoms with Crippen molar-refractivity contribution in [1.29, 1.82) is 0 Å². The van der Waals surface area contributed by atoms with Crippen LogP contribution in [-0.4, -0.2) is 15.9 Å². The Kier molecular flexibility index (Phi) is 4.23. The minimum absolute atomic E-state index is 0.00209. The number of amides is 2. The molecule has 0 unspecified atom stereocenters. The van der Waals surface area contributed by atoms with Gasteiger partial charge in [0.15, 0.2) is 5.13 Å². The smallest absolute Gasteiger partial charge is 0.321 e. The minimum Gasteiger partial charge on any atom is -0.372 e. The topological polar surface area (TPSA) is 106 Å². The van der Waals surface area contributed by atoms with Gasteiger partial charge in [-0.05, 0) is 22.8 Å². The maximum atomic E-state index is 12.1. The largest absolute Gasteiger partial charge is 0.372 e. The fraction of sp³-hybridized carbons (Fsp3) is 0.176. The Morgan fingerprint density at radius 3 is 2.92 bits per heavy atom. The summed E-state index contributed by atoms with van der Waals surface area (Å²) in [5.41, 5.74) is 3.93. The zero-order valence-electron chi connectivity index (χ0n) is 13.5. The molecule has 0 fully saturated rings. The number of hydrogen-bond donors (Lipinski definition) is 2. The first kappa shape index (κ1) is 16.4. The molecular weight excluding hydrogens is 356 g/mol. The molecule has 2 heterocycles. The number of carbonyl (C=O) groups is 1. The number of non-ortho nitro benzene ring substituents is 1. The van der Waals surface area contributed by atoms with Crippen LogP contribution in [0.2, 0.25) is 0 Å². The van der Waals surface area contributed by atoms with Gasteiger partial charge in [0, 0.05) is 18.7 Å². The van der Waals surface area contributed by atoms with Crippen molar-refractivity contribution in [2.24, 2.45) is 0 Å². The van der Waals surface area contributed by atoms with Crippen molar-refractivity contribution in [2.45, 2.75) is 19.8 Å². The molecule has 26 heavy (non-hydrogen) atoms. The molecule has 0 spiro atoms. The van der Waals surface area contributed by atoms with Gasteiger partial charge in [0.05, 0.1) is 28.4 Å². The zero-order chi connectivity index (χ0) is 18.1. The Bertz CT molecular complexity index is 1020. The number of ether oxygens (including phenoxy) is 1. The molecule has 4 rings (SSSR count). The van der Waals surface area contributed by atoms with Gasteiger partial charge in [-0.15, -0.1) is 0 Å². The van der Waals surface area contributed by atoms with E-state index in [9.17, 15) is 14.9 Å². The number of nitro benzene ring substituents is 1. The number of benzene rings is 2. The molecule has 132 valence electrons. The van der Waals surface area contributed by atoms with E-state index in [0.717, 1.165) is 11.1 Å². The van der Waals surface area contributed by atoms with Gasteiger partial charge in [-0.1, -0.05) is 29.5 Å². The van der Waals surface area contributed by atoms with Crippen LogP contribution < -0.4 is 10.6 Å². The van der Waals surface area contributed by atoms with Gasteiger partial charge < -0.3 is 10.1 Å².